The second-order valence-corrected chi connectivity index (χ2v) is 8.32. The second-order valence-electron chi connectivity index (χ2n) is 8.32. The van der Waals surface area contributed by atoms with Gasteiger partial charge in [-0.05, 0) is 43.5 Å². The third kappa shape index (κ3) is 4.61. The Morgan fingerprint density at radius 1 is 1.03 bits per heavy atom. The van der Waals surface area contributed by atoms with Crippen LogP contribution >= 0.6 is 0 Å². The first-order valence-electron chi connectivity index (χ1n) is 11.3. The molecule has 5 rings (SSSR count). The summed E-state index contributed by atoms with van der Waals surface area (Å²) in [6.45, 7) is 3.88. The van der Waals surface area contributed by atoms with E-state index in [-0.39, 0.29) is 34.3 Å². The Kier molecular flexibility index (Phi) is 6.10. The molecule has 1 amide bonds. The van der Waals surface area contributed by atoms with Gasteiger partial charge in [0.05, 0.1) is 11.8 Å². The van der Waals surface area contributed by atoms with E-state index >= 15 is 0 Å². The SMILES string of the molecule is Cc1ccc(NC(=O)c2cc3cc(C)ccc3c(N=Nc3c(C#N)cnn3-c3ncccn3)c2O)cc1. The number of phenols is 1. The molecular formula is C27H20N8O2. The van der Waals surface area contributed by atoms with E-state index < -0.39 is 5.91 Å². The Bertz CT molecular complexity index is 1700. The smallest absolute Gasteiger partial charge is 0.259 e. The molecule has 0 bridgehead atoms. The minimum absolute atomic E-state index is 0.0352. The normalized spacial score (nSPS) is 11.1. The third-order valence-electron chi connectivity index (χ3n) is 5.65. The van der Waals surface area contributed by atoms with Gasteiger partial charge in [0.15, 0.2) is 11.6 Å². The number of nitrogens with zero attached hydrogens (tertiary/aromatic N) is 7. The molecule has 5 aromatic rings. The van der Waals surface area contributed by atoms with Crippen molar-refractivity contribution >= 4 is 33.9 Å². The number of phenolic OH excluding ortho intramolecular Hbond substituents is 1. The number of hydrogen-bond acceptors (Lipinski definition) is 8. The highest BCUT2D eigenvalue weighted by Gasteiger charge is 2.20. The van der Waals surface area contributed by atoms with Crippen LogP contribution in [0, 0.1) is 25.2 Å². The number of fused-ring (bicyclic) bond motifs is 1. The van der Waals surface area contributed by atoms with Gasteiger partial charge in [-0.15, -0.1) is 10.2 Å². The first-order chi connectivity index (χ1) is 17.9. The lowest BCUT2D eigenvalue weighted by Crippen LogP contribution is -2.12. The largest absolute Gasteiger partial charge is 0.505 e. The number of carbonyl (C=O) groups excluding carboxylic acids is 1. The number of amides is 1. The molecule has 37 heavy (non-hydrogen) atoms. The number of azo groups is 1. The fraction of sp³-hybridized carbons (Fsp3) is 0.0741. The van der Waals surface area contributed by atoms with E-state index in [1.165, 1.54) is 23.3 Å². The molecular weight excluding hydrogens is 468 g/mol. The number of nitrogens with one attached hydrogen (secondary N) is 1. The summed E-state index contributed by atoms with van der Waals surface area (Å²) in [6.07, 6.45) is 4.40. The van der Waals surface area contributed by atoms with Gasteiger partial charge in [0.2, 0.25) is 0 Å². The van der Waals surface area contributed by atoms with Crippen molar-refractivity contribution in [2.45, 2.75) is 13.8 Å². The molecule has 10 nitrogen and oxygen atoms in total. The fourth-order valence-corrected chi connectivity index (χ4v) is 3.77. The van der Waals surface area contributed by atoms with E-state index in [4.69, 9.17) is 0 Å². The molecule has 0 saturated carbocycles. The van der Waals surface area contributed by atoms with Gasteiger partial charge < -0.3 is 10.4 Å². The summed E-state index contributed by atoms with van der Waals surface area (Å²) in [6, 6.07) is 18.2. The number of anilines is 1. The zero-order valence-corrected chi connectivity index (χ0v) is 19.9. The molecule has 2 aromatic heterocycles. The molecule has 0 aliphatic rings. The lowest BCUT2D eigenvalue weighted by Gasteiger charge is -2.12. The summed E-state index contributed by atoms with van der Waals surface area (Å²) in [5.41, 5.74) is 2.88. The molecule has 0 atom stereocenters. The average Bonchev–Trinajstić information content (AvgIpc) is 3.32. The Morgan fingerprint density at radius 2 is 1.76 bits per heavy atom. The van der Waals surface area contributed by atoms with E-state index in [1.54, 1.807) is 30.3 Å². The lowest BCUT2D eigenvalue weighted by atomic mass is 10.0. The Balaban J connectivity index is 1.62. The molecule has 0 fully saturated rings. The molecule has 3 aromatic carbocycles. The summed E-state index contributed by atoms with van der Waals surface area (Å²) in [7, 11) is 0. The first-order valence-corrected chi connectivity index (χ1v) is 11.3. The van der Waals surface area contributed by atoms with Crippen molar-refractivity contribution < 1.29 is 9.90 Å². The summed E-state index contributed by atoms with van der Waals surface area (Å²) in [5.74, 6) is -0.552. The van der Waals surface area contributed by atoms with Crippen molar-refractivity contribution in [3.8, 4) is 17.8 Å². The van der Waals surface area contributed by atoms with Crippen LogP contribution in [0.25, 0.3) is 16.7 Å². The van der Waals surface area contributed by atoms with Crippen LogP contribution in [0.15, 0.2) is 83.4 Å². The third-order valence-corrected chi connectivity index (χ3v) is 5.65. The molecule has 0 saturated heterocycles. The number of carbonyl (C=O) groups is 1. The van der Waals surface area contributed by atoms with Gasteiger partial charge in [0, 0.05) is 23.5 Å². The van der Waals surface area contributed by atoms with E-state index in [0.29, 0.717) is 16.5 Å². The van der Waals surface area contributed by atoms with Crippen molar-refractivity contribution in [3.05, 3.63) is 95.4 Å². The van der Waals surface area contributed by atoms with Gasteiger partial charge in [0.25, 0.3) is 11.9 Å². The van der Waals surface area contributed by atoms with Crippen LogP contribution in [0.4, 0.5) is 17.2 Å². The van der Waals surface area contributed by atoms with Gasteiger partial charge in [0.1, 0.15) is 17.3 Å². The number of nitriles is 1. The highest BCUT2D eigenvalue weighted by Crippen LogP contribution is 2.40. The predicted octanol–water partition coefficient (Wildman–Crippen LogP) is 5.68. The molecule has 0 unspecified atom stereocenters. The maximum absolute atomic E-state index is 13.2. The zero-order valence-electron chi connectivity index (χ0n) is 19.9. The van der Waals surface area contributed by atoms with Crippen LogP contribution in [-0.2, 0) is 0 Å². The van der Waals surface area contributed by atoms with Crippen molar-refractivity contribution in [1.82, 2.24) is 19.7 Å². The topological polar surface area (TPSA) is 141 Å². The van der Waals surface area contributed by atoms with Crippen LogP contribution in [0.5, 0.6) is 5.75 Å². The summed E-state index contributed by atoms with van der Waals surface area (Å²) in [5, 5.41) is 37.5. The van der Waals surface area contributed by atoms with Crippen molar-refractivity contribution in [2.75, 3.05) is 5.32 Å². The highest BCUT2D eigenvalue weighted by atomic mass is 16.3. The molecule has 2 heterocycles. The maximum Gasteiger partial charge on any atom is 0.259 e. The van der Waals surface area contributed by atoms with Gasteiger partial charge in [-0.25, -0.2) is 9.97 Å². The first kappa shape index (κ1) is 23.3. The maximum atomic E-state index is 13.2. The van der Waals surface area contributed by atoms with Crippen LogP contribution in [0.2, 0.25) is 0 Å². The van der Waals surface area contributed by atoms with E-state index in [2.05, 4.69) is 30.6 Å². The molecule has 0 aliphatic heterocycles. The lowest BCUT2D eigenvalue weighted by molar-refractivity contribution is 0.102. The fourth-order valence-electron chi connectivity index (χ4n) is 3.77. The number of aromatic hydroxyl groups is 1. The number of rotatable bonds is 5. The predicted molar refractivity (Wildman–Crippen MR) is 138 cm³/mol. The van der Waals surface area contributed by atoms with Crippen molar-refractivity contribution in [2.24, 2.45) is 10.2 Å². The molecule has 10 heteroatoms. The Morgan fingerprint density at radius 3 is 2.49 bits per heavy atom. The summed E-state index contributed by atoms with van der Waals surface area (Å²) < 4.78 is 1.28. The van der Waals surface area contributed by atoms with Crippen LogP contribution in [-0.4, -0.2) is 30.8 Å². The molecule has 0 aliphatic carbocycles. The molecule has 180 valence electrons. The zero-order chi connectivity index (χ0) is 25.9. The van der Waals surface area contributed by atoms with E-state index in [0.717, 1.165) is 11.1 Å². The van der Waals surface area contributed by atoms with Crippen LogP contribution < -0.4 is 5.32 Å². The standard InChI is InChI=1S/C27H20N8O2/c1-16-4-7-20(8-5-16)32-26(37)22-13-18-12-17(2)6-9-21(18)23(24(22)36)33-34-25-19(14-28)15-31-35(25)27-29-10-3-11-30-27/h3-13,15,36H,1-2H3,(H,32,37). The summed E-state index contributed by atoms with van der Waals surface area (Å²) >= 11 is 0. The minimum atomic E-state index is -0.498. The van der Waals surface area contributed by atoms with Gasteiger partial charge in [-0.1, -0.05) is 41.5 Å². The molecule has 2 N–H and O–H groups in total. The monoisotopic (exact) mass is 488 g/mol. The number of aryl methyl sites for hydroxylation is 2. The quantitative estimate of drug-likeness (QED) is 0.305. The second kappa shape index (κ2) is 9.67. The van der Waals surface area contributed by atoms with E-state index in [9.17, 15) is 15.2 Å². The van der Waals surface area contributed by atoms with Crippen LogP contribution in [0.1, 0.15) is 27.0 Å². The minimum Gasteiger partial charge on any atom is -0.505 e. The number of hydrogen-bond donors (Lipinski definition) is 2. The average molecular weight is 489 g/mol. The number of aromatic nitrogens is 4. The summed E-state index contributed by atoms with van der Waals surface area (Å²) in [4.78, 5) is 21.5. The van der Waals surface area contributed by atoms with Crippen molar-refractivity contribution in [3.63, 3.8) is 0 Å². The van der Waals surface area contributed by atoms with Crippen LogP contribution in [0.3, 0.4) is 0 Å². The molecule has 0 spiro atoms. The van der Waals surface area contributed by atoms with Crippen molar-refractivity contribution in [1.29, 1.82) is 5.26 Å². The number of benzene rings is 3. The Labute approximate surface area is 211 Å². The van der Waals surface area contributed by atoms with Gasteiger partial charge in [-0.2, -0.15) is 15.0 Å². The van der Waals surface area contributed by atoms with E-state index in [1.807, 2.05) is 44.2 Å². The Hall–Kier alpha value is -5.43. The highest BCUT2D eigenvalue weighted by molar-refractivity contribution is 6.11. The molecule has 0 radical (unpaired) electrons. The van der Waals surface area contributed by atoms with Gasteiger partial charge >= 0.3 is 0 Å². The van der Waals surface area contributed by atoms with Gasteiger partial charge in [-0.3, -0.25) is 4.79 Å².